The van der Waals surface area contributed by atoms with Crippen LogP contribution < -0.4 is 10.2 Å². The van der Waals surface area contributed by atoms with Crippen molar-refractivity contribution in [1.29, 1.82) is 0 Å². The average molecular weight is 346 g/mol. The van der Waals surface area contributed by atoms with E-state index in [0.717, 1.165) is 30.2 Å². The van der Waals surface area contributed by atoms with E-state index in [1.54, 1.807) is 5.38 Å². The van der Waals surface area contributed by atoms with Crippen molar-refractivity contribution in [1.82, 2.24) is 14.7 Å². The molecule has 2 aromatic rings. The van der Waals surface area contributed by atoms with E-state index in [0.29, 0.717) is 12.1 Å². The fourth-order valence-electron chi connectivity index (χ4n) is 2.86. The molecule has 1 fully saturated rings. The highest BCUT2D eigenvalue weighted by atomic mass is 32.1. The van der Waals surface area contributed by atoms with Crippen molar-refractivity contribution in [3.05, 3.63) is 40.5 Å². The number of pyridine rings is 1. The van der Waals surface area contributed by atoms with Gasteiger partial charge in [-0.25, -0.2) is 4.98 Å². The number of anilines is 1. The Balaban J connectivity index is 1.58. The van der Waals surface area contributed by atoms with Crippen LogP contribution in [0.3, 0.4) is 0 Å². The van der Waals surface area contributed by atoms with Crippen molar-refractivity contribution in [2.45, 2.75) is 39.5 Å². The Labute approximate surface area is 146 Å². The molecule has 1 N–H and O–H groups in total. The standard InChI is InChI=1S/C17H22N4O2S/c1-11-8-21(9-12(2)23-11)16-5-4-14(6-18-16)7-19-17(22)15-10-24-20-13(15)3/h4-6,10-12H,7-9H2,1-3H3,(H,19,22). The number of ether oxygens (including phenoxy) is 1. The molecule has 0 bridgehead atoms. The van der Waals surface area contributed by atoms with Gasteiger partial charge in [0.25, 0.3) is 5.91 Å². The first-order valence-electron chi connectivity index (χ1n) is 8.07. The van der Waals surface area contributed by atoms with Gasteiger partial charge >= 0.3 is 0 Å². The molecule has 0 radical (unpaired) electrons. The van der Waals surface area contributed by atoms with Crippen LogP contribution in [0.1, 0.15) is 35.5 Å². The maximum absolute atomic E-state index is 12.1. The van der Waals surface area contributed by atoms with Crippen molar-refractivity contribution < 1.29 is 9.53 Å². The molecule has 2 unspecified atom stereocenters. The van der Waals surface area contributed by atoms with Crippen LogP contribution in [0.2, 0.25) is 0 Å². The normalized spacial score (nSPS) is 20.9. The van der Waals surface area contributed by atoms with Crippen molar-refractivity contribution in [2.75, 3.05) is 18.0 Å². The molecule has 0 aromatic carbocycles. The second kappa shape index (κ2) is 7.27. The molecular formula is C17H22N4O2S. The lowest BCUT2D eigenvalue weighted by molar-refractivity contribution is -0.00546. The van der Waals surface area contributed by atoms with Gasteiger partial charge < -0.3 is 15.0 Å². The van der Waals surface area contributed by atoms with Crippen LogP contribution in [0.5, 0.6) is 0 Å². The second-order valence-corrected chi connectivity index (χ2v) is 6.81. The molecule has 0 aliphatic carbocycles. The Hall–Kier alpha value is -1.99. The Kier molecular flexibility index (Phi) is 5.11. The van der Waals surface area contributed by atoms with Crippen LogP contribution >= 0.6 is 11.5 Å². The minimum Gasteiger partial charge on any atom is -0.372 e. The molecule has 1 amide bonds. The zero-order valence-electron chi connectivity index (χ0n) is 14.2. The summed E-state index contributed by atoms with van der Waals surface area (Å²) in [7, 11) is 0. The van der Waals surface area contributed by atoms with Crippen LogP contribution in [0, 0.1) is 6.92 Å². The van der Waals surface area contributed by atoms with E-state index >= 15 is 0 Å². The van der Waals surface area contributed by atoms with Gasteiger partial charge in [-0.2, -0.15) is 4.37 Å². The lowest BCUT2D eigenvalue weighted by Gasteiger charge is -2.36. The second-order valence-electron chi connectivity index (χ2n) is 6.18. The van der Waals surface area contributed by atoms with E-state index in [-0.39, 0.29) is 18.1 Å². The molecule has 1 aliphatic heterocycles. The number of hydrogen-bond donors (Lipinski definition) is 1. The first-order valence-corrected chi connectivity index (χ1v) is 8.91. The molecule has 2 atom stereocenters. The van der Waals surface area contributed by atoms with Crippen LogP contribution in [-0.2, 0) is 11.3 Å². The molecule has 0 spiro atoms. The quantitative estimate of drug-likeness (QED) is 0.921. The summed E-state index contributed by atoms with van der Waals surface area (Å²) < 4.78 is 9.87. The lowest BCUT2D eigenvalue weighted by Crippen LogP contribution is -2.45. The summed E-state index contributed by atoms with van der Waals surface area (Å²) in [5.74, 6) is 0.853. The molecule has 3 heterocycles. The van der Waals surface area contributed by atoms with Crippen molar-refractivity contribution in [3.8, 4) is 0 Å². The lowest BCUT2D eigenvalue weighted by atomic mass is 10.2. The molecule has 6 nitrogen and oxygen atoms in total. The average Bonchev–Trinajstić information content (AvgIpc) is 2.98. The molecule has 3 rings (SSSR count). The molecule has 24 heavy (non-hydrogen) atoms. The number of carbonyl (C=O) groups is 1. The van der Waals surface area contributed by atoms with Gasteiger partial charge in [-0.15, -0.1) is 0 Å². The minimum absolute atomic E-state index is 0.0962. The summed E-state index contributed by atoms with van der Waals surface area (Å²) in [6.07, 6.45) is 2.23. The SMILES string of the molecule is Cc1nscc1C(=O)NCc1ccc(N2CC(C)OC(C)C2)nc1. The van der Waals surface area contributed by atoms with Gasteiger partial charge in [0.1, 0.15) is 5.82 Å². The van der Waals surface area contributed by atoms with Crippen molar-refractivity contribution >= 4 is 23.3 Å². The van der Waals surface area contributed by atoms with Crippen molar-refractivity contribution in [3.63, 3.8) is 0 Å². The fraction of sp³-hybridized carbons (Fsp3) is 0.471. The minimum atomic E-state index is -0.0962. The van der Waals surface area contributed by atoms with Crippen LogP contribution in [0.15, 0.2) is 23.7 Å². The largest absolute Gasteiger partial charge is 0.372 e. The predicted octanol–water partition coefficient (Wildman–Crippen LogP) is 2.39. The molecule has 1 aliphatic rings. The highest BCUT2D eigenvalue weighted by Gasteiger charge is 2.23. The third-order valence-corrected chi connectivity index (χ3v) is 4.72. The van der Waals surface area contributed by atoms with Gasteiger partial charge in [-0.3, -0.25) is 4.79 Å². The molecule has 0 saturated carbocycles. The van der Waals surface area contributed by atoms with Gasteiger partial charge in [0.05, 0.1) is 23.5 Å². The van der Waals surface area contributed by atoms with Crippen LogP contribution in [-0.4, -0.2) is 40.6 Å². The summed E-state index contributed by atoms with van der Waals surface area (Å²) in [5, 5.41) is 4.68. The van der Waals surface area contributed by atoms with Gasteiger partial charge in [0.15, 0.2) is 0 Å². The highest BCUT2D eigenvalue weighted by molar-refractivity contribution is 7.03. The molecular weight excluding hydrogens is 324 g/mol. The number of nitrogens with one attached hydrogen (secondary N) is 1. The number of hydrogen-bond acceptors (Lipinski definition) is 6. The number of carbonyl (C=O) groups excluding carboxylic acids is 1. The predicted molar refractivity (Wildman–Crippen MR) is 94.5 cm³/mol. The molecule has 128 valence electrons. The van der Waals surface area contributed by atoms with Gasteiger partial charge in [-0.1, -0.05) is 6.07 Å². The van der Waals surface area contributed by atoms with Crippen molar-refractivity contribution in [2.24, 2.45) is 0 Å². The number of rotatable bonds is 4. The Morgan fingerprint density at radius 2 is 2.12 bits per heavy atom. The maximum Gasteiger partial charge on any atom is 0.254 e. The number of aryl methyl sites for hydroxylation is 1. The van der Waals surface area contributed by atoms with Crippen LogP contribution in [0.25, 0.3) is 0 Å². The Morgan fingerprint density at radius 1 is 1.38 bits per heavy atom. The van der Waals surface area contributed by atoms with E-state index in [1.807, 2.05) is 25.3 Å². The fourth-order valence-corrected chi connectivity index (χ4v) is 3.55. The van der Waals surface area contributed by atoms with E-state index in [9.17, 15) is 4.79 Å². The summed E-state index contributed by atoms with van der Waals surface area (Å²) in [5.41, 5.74) is 2.38. The van der Waals surface area contributed by atoms with Gasteiger partial charge in [-0.05, 0) is 43.9 Å². The zero-order chi connectivity index (χ0) is 17.1. The van der Waals surface area contributed by atoms with Gasteiger partial charge in [0, 0.05) is 31.2 Å². The molecule has 7 heteroatoms. The number of aromatic nitrogens is 2. The summed E-state index contributed by atoms with van der Waals surface area (Å²) in [4.78, 5) is 18.9. The van der Waals surface area contributed by atoms with Crippen LogP contribution in [0.4, 0.5) is 5.82 Å². The van der Waals surface area contributed by atoms with Gasteiger partial charge in [0.2, 0.25) is 0 Å². The molecule has 2 aromatic heterocycles. The summed E-state index contributed by atoms with van der Waals surface area (Å²) >= 11 is 1.30. The number of morpholine rings is 1. The number of amides is 1. The smallest absolute Gasteiger partial charge is 0.254 e. The highest BCUT2D eigenvalue weighted by Crippen LogP contribution is 2.18. The van der Waals surface area contributed by atoms with E-state index < -0.39 is 0 Å². The summed E-state index contributed by atoms with van der Waals surface area (Å²) in [6, 6.07) is 4.01. The first kappa shape index (κ1) is 16.9. The number of nitrogens with zero attached hydrogens (tertiary/aromatic N) is 3. The Morgan fingerprint density at radius 3 is 2.71 bits per heavy atom. The monoisotopic (exact) mass is 346 g/mol. The topological polar surface area (TPSA) is 67.4 Å². The third-order valence-electron chi connectivity index (χ3n) is 4.00. The molecule has 1 saturated heterocycles. The van der Waals surface area contributed by atoms with E-state index in [2.05, 4.69) is 33.4 Å². The first-order chi connectivity index (χ1) is 11.5. The maximum atomic E-state index is 12.1. The Bertz CT molecular complexity index is 691. The zero-order valence-corrected chi connectivity index (χ0v) is 15.0. The third kappa shape index (κ3) is 3.91. The summed E-state index contributed by atoms with van der Waals surface area (Å²) in [6.45, 7) is 8.14. The van der Waals surface area contributed by atoms with E-state index in [4.69, 9.17) is 4.74 Å². The van der Waals surface area contributed by atoms with E-state index in [1.165, 1.54) is 11.5 Å².